The smallest absolute Gasteiger partial charge is 0.0755 e. The van der Waals surface area contributed by atoms with E-state index >= 15 is 0 Å². The molecule has 0 aromatic heterocycles. The molecule has 2 saturated carbocycles. The zero-order valence-electron chi connectivity index (χ0n) is 18.9. The highest BCUT2D eigenvalue weighted by Crippen LogP contribution is 2.50. The molecule has 1 heterocycles. The molecule has 0 unspecified atom stereocenters. The van der Waals surface area contributed by atoms with E-state index in [1.54, 1.807) is 5.57 Å². The normalized spacial score (nSPS) is 32.9. The molecule has 0 bridgehead atoms. The maximum atomic E-state index is 10.6. The predicted octanol–water partition coefficient (Wildman–Crippen LogP) is 3.79. The van der Waals surface area contributed by atoms with E-state index in [2.05, 4.69) is 28.9 Å². The van der Waals surface area contributed by atoms with Gasteiger partial charge in [0.2, 0.25) is 0 Å². The first kappa shape index (κ1) is 23.5. The van der Waals surface area contributed by atoms with Crippen molar-refractivity contribution < 1.29 is 14.9 Å². The summed E-state index contributed by atoms with van der Waals surface area (Å²) < 4.78 is 5.41. The molecule has 3 aliphatic rings. The number of allylic oxidation sites excluding steroid dienone is 2. The highest BCUT2D eigenvalue weighted by molar-refractivity contribution is 5.18. The molecular formula is C26H41NO3. The van der Waals surface area contributed by atoms with Gasteiger partial charge in [-0.1, -0.05) is 30.7 Å². The zero-order valence-corrected chi connectivity index (χ0v) is 18.9. The van der Waals surface area contributed by atoms with E-state index in [1.165, 1.54) is 25.8 Å². The molecule has 3 fully saturated rings. The summed E-state index contributed by atoms with van der Waals surface area (Å²) in [5.41, 5.74) is 1.59. The molecule has 0 aromatic carbocycles. The van der Waals surface area contributed by atoms with E-state index in [4.69, 9.17) is 4.74 Å². The summed E-state index contributed by atoms with van der Waals surface area (Å²) in [6.45, 7) is 9.00. The summed E-state index contributed by atoms with van der Waals surface area (Å²) in [4.78, 5) is 2.51. The lowest BCUT2D eigenvalue weighted by Gasteiger charge is -2.26. The lowest BCUT2D eigenvalue weighted by Crippen LogP contribution is -2.36. The van der Waals surface area contributed by atoms with Gasteiger partial charge in [0.15, 0.2) is 0 Å². The minimum atomic E-state index is -0.486. The van der Waals surface area contributed by atoms with Crippen molar-refractivity contribution >= 4 is 0 Å². The summed E-state index contributed by atoms with van der Waals surface area (Å²) in [7, 11) is 0. The Morgan fingerprint density at radius 2 is 2.03 bits per heavy atom. The molecule has 0 radical (unpaired) electrons. The molecule has 30 heavy (non-hydrogen) atoms. The number of rotatable bonds is 9. The van der Waals surface area contributed by atoms with Gasteiger partial charge in [0.25, 0.3) is 0 Å². The van der Waals surface area contributed by atoms with Crippen LogP contribution in [-0.2, 0) is 4.74 Å². The van der Waals surface area contributed by atoms with Gasteiger partial charge in [-0.25, -0.2) is 0 Å². The molecule has 0 amide bonds. The van der Waals surface area contributed by atoms with Gasteiger partial charge in [0.05, 0.1) is 25.4 Å². The van der Waals surface area contributed by atoms with E-state index in [-0.39, 0.29) is 17.9 Å². The van der Waals surface area contributed by atoms with E-state index in [9.17, 15) is 10.2 Å². The first-order valence-electron chi connectivity index (χ1n) is 12.0. The average molecular weight is 416 g/mol. The van der Waals surface area contributed by atoms with Crippen molar-refractivity contribution in [3.63, 3.8) is 0 Å². The van der Waals surface area contributed by atoms with Gasteiger partial charge >= 0.3 is 0 Å². The molecule has 0 spiro atoms. The van der Waals surface area contributed by atoms with Gasteiger partial charge in [-0.3, -0.25) is 4.90 Å². The Morgan fingerprint density at radius 3 is 2.80 bits per heavy atom. The van der Waals surface area contributed by atoms with E-state index in [0.717, 1.165) is 45.6 Å². The second-order valence-corrected chi connectivity index (χ2v) is 9.51. The van der Waals surface area contributed by atoms with Crippen LogP contribution in [0.3, 0.4) is 0 Å². The first-order valence-corrected chi connectivity index (χ1v) is 12.0. The monoisotopic (exact) mass is 415 g/mol. The Bertz CT molecular complexity index is 640. The molecule has 1 saturated heterocycles. The number of fused-ring (bicyclic) bond motifs is 1. The lowest BCUT2D eigenvalue weighted by atomic mass is 9.89. The van der Waals surface area contributed by atoms with Gasteiger partial charge in [-0.15, -0.1) is 11.8 Å². The maximum Gasteiger partial charge on any atom is 0.0755 e. The fraction of sp³-hybridized carbons (Fsp3) is 0.769. The van der Waals surface area contributed by atoms with E-state index in [1.807, 2.05) is 19.9 Å². The van der Waals surface area contributed by atoms with E-state index in [0.29, 0.717) is 18.3 Å². The molecule has 4 heteroatoms. The highest BCUT2D eigenvalue weighted by atomic mass is 16.5. The van der Waals surface area contributed by atoms with Crippen LogP contribution >= 0.6 is 0 Å². The summed E-state index contributed by atoms with van der Waals surface area (Å²) in [6, 6.07) is 0. The zero-order chi connectivity index (χ0) is 21.3. The minimum absolute atomic E-state index is 0.125. The van der Waals surface area contributed by atoms with Crippen LogP contribution in [0.4, 0.5) is 0 Å². The van der Waals surface area contributed by atoms with Crippen LogP contribution in [0.15, 0.2) is 23.8 Å². The van der Waals surface area contributed by atoms with Crippen LogP contribution in [0, 0.1) is 35.5 Å². The van der Waals surface area contributed by atoms with Crippen LogP contribution < -0.4 is 0 Å². The van der Waals surface area contributed by atoms with Crippen molar-refractivity contribution in [2.45, 2.75) is 71.0 Å². The second-order valence-electron chi connectivity index (χ2n) is 9.51. The fourth-order valence-electron chi connectivity index (χ4n) is 5.37. The van der Waals surface area contributed by atoms with E-state index < -0.39 is 6.10 Å². The molecular weight excluding hydrogens is 374 g/mol. The van der Waals surface area contributed by atoms with Gasteiger partial charge in [-0.05, 0) is 69.7 Å². The van der Waals surface area contributed by atoms with Gasteiger partial charge in [0.1, 0.15) is 0 Å². The maximum absolute atomic E-state index is 10.6. The minimum Gasteiger partial charge on any atom is -0.392 e. The molecule has 4 nitrogen and oxygen atoms in total. The van der Waals surface area contributed by atoms with Crippen LogP contribution in [0.5, 0.6) is 0 Å². The number of aliphatic hydroxyl groups excluding tert-OH is 2. The SMILES string of the molecule is CC#CC[C@@H](C)[C@H](O)C=C[C@@H]1[C@H]2CC(=CCCCCN3CCOCC3)C[C@H]2C[C@H]1O. The fourth-order valence-corrected chi connectivity index (χ4v) is 5.37. The second kappa shape index (κ2) is 12.1. The Labute approximate surface area is 183 Å². The third kappa shape index (κ3) is 6.69. The number of morpholine rings is 1. The number of nitrogens with zero attached hydrogens (tertiary/aromatic N) is 1. The number of hydrogen-bond acceptors (Lipinski definition) is 4. The third-order valence-electron chi connectivity index (χ3n) is 7.29. The third-order valence-corrected chi connectivity index (χ3v) is 7.29. The van der Waals surface area contributed by atoms with Gasteiger partial charge in [0, 0.05) is 25.4 Å². The first-order chi connectivity index (χ1) is 14.6. The highest BCUT2D eigenvalue weighted by Gasteiger charge is 2.44. The summed E-state index contributed by atoms with van der Waals surface area (Å²) in [5, 5.41) is 20.9. The molecule has 1 aliphatic heterocycles. The quantitative estimate of drug-likeness (QED) is 0.342. The standard InChI is InChI=1S/C26H41NO3/c1-3-4-8-20(2)25(28)11-10-23-24-18-21(17-22(24)19-26(23)29)9-6-5-7-12-27-13-15-30-16-14-27/h9-11,20,22-26,28-29H,5-8,12-19H2,1-2H3/t20-,22+,23-,24+,25-,26-/m1/s1. The molecule has 2 aliphatic carbocycles. The van der Waals surface area contributed by atoms with Crippen molar-refractivity contribution in [3.8, 4) is 11.8 Å². The lowest BCUT2D eigenvalue weighted by molar-refractivity contribution is 0.0372. The molecule has 3 rings (SSSR count). The summed E-state index contributed by atoms with van der Waals surface area (Å²) >= 11 is 0. The van der Waals surface area contributed by atoms with Crippen molar-refractivity contribution in [2.24, 2.45) is 23.7 Å². The molecule has 0 aromatic rings. The van der Waals surface area contributed by atoms with Crippen LogP contribution in [-0.4, -0.2) is 60.2 Å². The number of unbranched alkanes of at least 4 members (excludes halogenated alkanes) is 2. The Hall–Kier alpha value is -1.12. The van der Waals surface area contributed by atoms with Crippen molar-refractivity contribution in [1.29, 1.82) is 0 Å². The Morgan fingerprint density at radius 1 is 1.23 bits per heavy atom. The number of aliphatic hydroxyl groups is 2. The topological polar surface area (TPSA) is 52.9 Å². The van der Waals surface area contributed by atoms with Crippen LogP contribution in [0.1, 0.15) is 58.8 Å². The molecule has 6 atom stereocenters. The Balaban J connectivity index is 1.42. The van der Waals surface area contributed by atoms with Crippen molar-refractivity contribution in [3.05, 3.63) is 23.8 Å². The summed E-state index contributed by atoms with van der Waals surface area (Å²) in [6.07, 6.45) is 13.3. The average Bonchev–Trinajstić information content (AvgIpc) is 3.27. The summed E-state index contributed by atoms with van der Waals surface area (Å²) in [5.74, 6) is 7.39. The van der Waals surface area contributed by atoms with Crippen molar-refractivity contribution in [2.75, 3.05) is 32.8 Å². The number of ether oxygens (including phenoxy) is 1. The van der Waals surface area contributed by atoms with Gasteiger partial charge < -0.3 is 14.9 Å². The van der Waals surface area contributed by atoms with Gasteiger partial charge in [-0.2, -0.15) is 0 Å². The predicted molar refractivity (Wildman–Crippen MR) is 122 cm³/mol. The van der Waals surface area contributed by atoms with Crippen LogP contribution in [0.25, 0.3) is 0 Å². The van der Waals surface area contributed by atoms with Crippen LogP contribution in [0.2, 0.25) is 0 Å². The molecule has 2 N–H and O–H groups in total. The number of hydrogen-bond donors (Lipinski definition) is 2. The largest absolute Gasteiger partial charge is 0.392 e. The Kier molecular flexibility index (Phi) is 9.46. The molecule has 168 valence electrons. The van der Waals surface area contributed by atoms with Crippen molar-refractivity contribution in [1.82, 2.24) is 4.90 Å².